The first-order valence-electron chi connectivity index (χ1n) is 11.5. The fourth-order valence-corrected chi connectivity index (χ4v) is 4.70. The van der Waals surface area contributed by atoms with E-state index in [1.54, 1.807) is 12.1 Å². The lowest BCUT2D eigenvalue weighted by Gasteiger charge is -2.43. The smallest absolute Gasteiger partial charge is 0.344 e. The van der Waals surface area contributed by atoms with E-state index in [4.69, 9.17) is 9.94 Å². The van der Waals surface area contributed by atoms with Crippen LogP contribution in [0.2, 0.25) is 0 Å². The van der Waals surface area contributed by atoms with Gasteiger partial charge in [-0.2, -0.15) is 0 Å². The number of nitrogens with one attached hydrogen (secondary N) is 1. The Balaban J connectivity index is 1.34. The maximum absolute atomic E-state index is 13.3. The third-order valence-electron chi connectivity index (χ3n) is 6.52. The molecule has 34 heavy (non-hydrogen) atoms. The SMILES string of the molecule is O=C(O)CO/N=C(\CCCN1CCC2(CC1)C(=O)NCN2c1ccccc1)c1ccc(F)cc1. The van der Waals surface area contributed by atoms with Gasteiger partial charge in [-0.05, 0) is 62.1 Å². The Morgan fingerprint density at radius 1 is 1.12 bits per heavy atom. The Kier molecular flexibility index (Phi) is 7.42. The van der Waals surface area contributed by atoms with Gasteiger partial charge in [-0.1, -0.05) is 35.5 Å². The van der Waals surface area contributed by atoms with Crippen LogP contribution < -0.4 is 10.2 Å². The number of nitrogens with zero attached hydrogens (tertiary/aromatic N) is 3. The Labute approximate surface area is 198 Å². The molecule has 0 atom stereocenters. The number of oxime groups is 1. The minimum Gasteiger partial charge on any atom is -0.479 e. The van der Waals surface area contributed by atoms with Gasteiger partial charge < -0.3 is 25.1 Å². The number of likely N-dealkylation sites (tertiary alicyclic amines) is 1. The van der Waals surface area contributed by atoms with Crippen LogP contribution in [-0.2, 0) is 14.4 Å². The summed E-state index contributed by atoms with van der Waals surface area (Å²) >= 11 is 0. The molecule has 9 heteroatoms. The summed E-state index contributed by atoms with van der Waals surface area (Å²) in [5.41, 5.74) is 1.82. The first-order valence-corrected chi connectivity index (χ1v) is 11.5. The number of carboxylic acid groups (broad SMARTS) is 1. The highest BCUT2D eigenvalue weighted by molar-refractivity contribution is 6.00. The number of para-hydroxylation sites is 1. The second kappa shape index (κ2) is 10.6. The van der Waals surface area contributed by atoms with E-state index in [-0.39, 0.29) is 11.7 Å². The monoisotopic (exact) mass is 468 g/mol. The van der Waals surface area contributed by atoms with Crippen molar-refractivity contribution in [2.75, 3.05) is 37.8 Å². The number of carbonyl (C=O) groups excluding carboxylic acids is 1. The summed E-state index contributed by atoms with van der Waals surface area (Å²) in [6.45, 7) is 2.41. The summed E-state index contributed by atoms with van der Waals surface area (Å²) in [7, 11) is 0. The molecule has 2 N–H and O–H groups in total. The van der Waals surface area contributed by atoms with E-state index < -0.39 is 18.1 Å². The van der Waals surface area contributed by atoms with Crippen molar-refractivity contribution >= 4 is 23.3 Å². The van der Waals surface area contributed by atoms with Crippen molar-refractivity contribution in [1.29, 1.82) is 0 Å². The average molecular weight is 469 g/mol. The third kappa shape index (κ3) is 5.36. The number of rotatable bonds is 9. The van der Waals surface area contributed by atoms with E-state index in [1.807, 2.05) is 30.3 Å². The molecule has 8 nitrogen and oxygen atoms in total. The van der Waals surface area contributed by atoms with Gasteiger partial charge in [0, 0.05) is 18.8 Å². The van der Waals surface area contributed by atoms with E-state index in [9.17, 15) is 14.0 Å². The van der Waals surface area contributed by atoms with Crippen molar-refractivity contribution in [2.45, 2.75) is 31.2 Å². The van der Waals surface area contributed by atoms with Gasteiger partial charge in [-0.3, -0.25) is 4.79 Å². The van der Waals surface area contributed by atoms with Gasteiger partial charge in [-0.15, -0.1) is 0 Å². The molecule has 0 unspecified atom stereocenters. The van der Waals surface area contributed by atoms with E-state index in [0.29, 0.717) is 24.4 Å². The normalized spacial score (nSPS) is 18.2. The first kappa shape index (κ1) is 23.7. The number of carbonyl (C=O) groups is 2. The predicted molar refractivity (Wildman–Crippen MR) is 126 cm³/mol. The van der Waals surface area contributed by atoms with E-state index >= 15 is 0 Å². The molecule has 0 saturated carbocycles. The van der Waals surface area contributed by atoms with Crippen molar-refractivity contribution in [3.8, 4) is 0 Å². The van der Waals surface area contributed by atoms with Gasteiger partial charge in [-0.25, -0.2) is 9.18 Å². The van der Waals surface area contributed by atoms with Crippen LogP contribution in [0.5, 0.6) is 0 Å². The Bertz CT molecular complexity index is 1020. The molecule has 2 aromatic carbocycles. The largest absolute Gasteiger partial charge is 0.479 e. The lowest BCUT2D eigenvalue weighted by atomic mass is 9.85. The van der Waals surface area contributed by atoms with E-state index in [2.05, 4.69) is 20.3 Å². The number of carboxylic acids is 1. The number of anilines is 1. The number of aliphatic carboxylic acids is 1. The zero-order valence-electron chi connectivity index (χ0n) is 19.0. The molecule has 180 valence electrons. The maximum atomic E-state index is 13.3. The highest BCUT2D eigenvalue weighted by Gasteiger charge is 2.50. The van der Waals surface area contributed by atoms with Gasteiger partial charge in [0.25, 0.3) is 0 Å². The van der Waals surface area contributed by atoms with Crippen LogP contribution in [0.1, 0.15) is 31.2 Å². The molecule has 0 bridgehead atoms. The van der Waals surface area contributed by atoms with E-state index in [1.165, 1.54) is 12.1 Å². The topological polar surface area (TPSA) is 94.5 Å². The van der Waals surface area contributed by atoms with Gasteiger partial charge in [0.1, 0.15) is 11.4 Å². The zero-order chi connectivity index (χ0) is 24.0. The van der Waals surface area contributed by atoms with Crippen molar-refractivity contribution in [2.24, 2.45) is 5.16 Å². The number of hydrogen-bond acceptors (Lipinski definition) is 6. The zero-order valence-corrected chi connectivity index (χ0v) is 19.0. The molecule has 0 aromatic heterocycles. The van der Waals surface area contributed by atoms with Gasteiger partial charge in [0.2, 0.25) is 12.5 Å². The molecule has 1 spiro atoms. The molecule has 2 aliphatic rings. The van der Waals surface area contributed by atoms with E-state index in [0.717, 1.165) is 44.6 Å². The van der Waals surface area contributed by atoms with Crippen LogP contribution in [0.3, 0.4) is 0 Å². The van der Waals surface area contributed by atoms with Crippen LogP contribution in [0.25, 0.3) is 0 Å². The van der Waals surface area contributed by atoms with Gasteiger partial charge in [0.15, 0.2) is 0 Å². The van der Waals surface area contributed by atoms with Crippen LogP contribution in [-0.4, -0.2) is 66.0 Å². The summed E-state index contributed by atoms with van der Waals surface area (Å²) in [5, 5.41) is 15.8. The molecule has 0 radical (unpaired) electrons. The molecule has 4 rings (SSSR count). The fourth-order valence-electron chi connectivity index (χ4n) is 4.70. The van der Waals surface area contributed by atoms with Crippen molar-refractivity contribution < 1.29 is 23.9 Å². The standard InChI is InChI=1S/C25H29FN4O4/c26-20-10-8-19(9-11-20)22(28-34-17-23(31)32)7-4-14-29-15-12-25(13-16-29)24(33)27-18-30(25)21-5-2-1-3-6-21/h1-3,5-6,8-11H,4,7,12-18H2,(H,27,33)(H,31,32)/b28-22+. The quantitative estimate of drug-likeness (QED) is 0.434. The molecule has 2 aliphatic heterocycles. The summed E-state index contributed by atoms with van der Waals surface area (Å²) in [6, 6.07) is 15.9. The molecular formula is C25H29FN4O4. The average Bonchev–Trinajstić information content (AvgIpc) is 3.15. The lowest BCUT2D eigenvalue weighted by molar-refractivity contribution is -0.142. The highest BCUT2D eigenvalue weighted by Crippen LogP contribution is 2.36. The summed E-state index contributed by atoms with van der Waals surface area (Å²) in [4.78, 5) is 33.0. The molecular weight excluding hydrogens is 439 g/mol. The first-order chi connectivity index (χ1) is 16.5. The van der Waals surface area contributed by atoms with Crippen LogP contribution >= 0.6 is 0 Å². The minimum atomic E-state index is -1.11. The second-order valence-electron chi connectivity index (χ2n) is 8.62. The fraction of sp³-hybridized carbons (Fsp3) is 0.400. The summed E-state index contributed by atoms with van der Waals surface area (Å²) < 4.78 is 13.3. The lowest BCUT2D eigenvalue weighted by Crippen LogP contribution is -2.56. The molecule has 2 saturated heterocycles. The van der Waals surface area contributed by atoms with Crippen molar-refractivity contribution in [3.05, 3.63) is 66.0 Å². The third-order valence-corrected chi connectivity index (χ3v) is 6.52. The number of piperidine rings is 1. The Hall–Kier alpha value is -3.46. The van der Waals surface area contributed by atoms with Crippen molar-refractivity contribution in [3.63, 3.8) is 0 Å². The van der Waals surface area contributed by atoms with Gasteiger partial charge in [0.05, 0.1) is 12.4 Å². The van der Waals surface area contributed by atoms with Crippen LogP contribution in [0.15, 0.2) is 59.8 Å². The molecule has 1 amide bonds. The predicted octanol–water partition coefficient (Wildman–Crippen LogP) is 2.84. The molecule has 2 heterocycles. The number of hydrogen-bond donors (Lipinski definition) is 2. The number of amides is 1. The highest BCUT2D eigenvalue weighted by atomic mass is 19.1. The Morgan fingerprint density at radius 2 is 1.82 bits per heavy atom. The van der Waals surface area contributed by atoms with Crippen molar-refractivity contribution in [1.82, 2.24) is 10.2 Å². The Morgan fingerprint density at radius 3 is 2.50 bits per heavy atom. The summed E-state index contributed by atoms with van der Waals surface area (Å²) in [5.74, 6) is -1.36. The maximum Gasteiger partial charge on any atom is 0.344 e. The van der Waals surface area contributed by atoms with Crippen LogP contribution in [0.4, 0.5) is 10.1 Å². The summed E-state index contributed by atoms with van der Waals surface area (Å²) in [6.07, 6.45) is 2.82. The number of benzene rings is 2. The molecule has 0 aliphatic carbocycles. The molecule has 2 aromatic rings. The van der Waals surface area contributed by atoms with Crippen LogP contribution in [0, 0.1) is 5.82 Å². The minimum absolute atomic E-state index is 0.0947. The second-order valence-corrected chi connectivity index (χ2v) is 8.62. The van der Waals surface area contributed by atoms with Gasteiger partial charge >= 0.3 is 5.97 Å². The molecule has 2 fully saturated rings. The number of halogens is 1.